The summed E-state index contributed by atoms with van der Waals surface area (Å²) in [7, 11) is 1.84. The quantitative estimate of drug-likeness (QED) is 0.809. The summed E-state index contributed by atoms with van der Waals surface area (Å²) in [4.78, 5) is 17.7. The SMILES string of the molecule is CCOC(=O)c1csc(N(C)c2cccc(C#N)c2)n1. The number of carbonyl (C=O) groups is 1. The highest BCUT2D eigenvalue weighted by molar-refractivity contribution is 7.14. The molecule has 102 valence electrons. The number of nitriles is 1. The van der Waals surface area contributed by atoms with Crippen LogP contribution < -0.4 is 4.90 Å². The fraction of sp³-hybridized carbons (Fsp3) is 0.214. The number of carbonyl (C=O) groups excluding carboxylic acids is 1. The predicted octanol–water partition coefficient (Wildman–Crippen LogP) is 2.96. The summed E-state index contributed by atoms with van der Waals surface area (Å²) in [5.74, 6) is -0.422. The lowest BCUT2D eigenvalue weighted by Crippen LogP contribution is -2.10. The third kappa shape index (κ3) is 2.95. The summed E-state index contributed by atoms with van der Waals surface area (Å²) in [5.41, 5.74) is 1.72. The minimum Gasteiger partial charge on any atom is -0.461 e. The molecule has 2 rings (SSSR count). The molecule has 0 radical (unpaired) electrons. The standard InChI is InChI=1S/C14H13N3O2S/c1-3-19-13(18)12-9-20-14(16-12)17(2)11-6-4-5-10(7-11)8-15/h4-7,9H,3H2,1-2H3. The van der Waals surface area contributed by atoms with E-state index in [-0.39, 0.29) is 0 Å². The minimum absolute atomic E-state index is 0.301. The lowest BCUT2D eigenvalue weighted by Gasteiger charge is -2.15. The third-order valence-corrected chi connectivity index (χ3v) is 3.54. The van der Waals surface area contributed by atoms with E-state index in [9.17, 15) is 4.79 Å². The molecule has 0 spiro atoms. The van der Waals surface area contributed by atoms with E-state index in [1.54, 1.807) is 24.4 Å². The van der Waals surface area contributed by atoms with Gasteiger partial charge in [-0.1, -0.05) is 6.07 Å². The average Bonchev–Trinajstić information content (AvgIpc) is 2.96. The Kier molecular flexibility index (Phi) is 4.33. The van der Waals surface area contributed by atoms with Crippen molar-refractivity contribution in [1.82, 2.24) is 4.98 Å². The second-order valence-electron chi connectivity index (χ2n) is 3.96. The van der Waals surface area contributed by atoms with Gasteiger partial charge in [0.05, 0.1) is 18.2 Å². The van der Waals surface area contributed by atoms with Crippen LogP contribution in [0.4, 0.5) is 10.8 Å². The molecular formula is C14H13N3O2S. The van der Waals surface area contributed by atoms with Crippen LogP contribution in [-0.2, 0) is 4.74 Å². The molecule has 0 amide bonds. The molecule has 0 atom stereocenters. The second kappa shape index (κ2) is 6.17. The van der Waals surface area contributed by atoms with E-state index in [0.29, 0.717) is 23.0 Å². The van der Waals surface area contributed by atoms with Gasteiger partial charge in [0.1, 0.15) is 0 Å². The van der Waals surface area contributed by atoms with E-state index in [0.717, 1.165) is 5.69 Å². The van der Waals surface area contributed by atoms with Gasteiger partial charge in [0.25, 0.3) is 0 Å². The van der Waals surface area contributed by atoms with Crippen molar-refractivity contribution in [3.63, 3.8) is 0 Å². The molecule has 0 aliphatic heterocycles. The van der Waals surface area contributed by atoms with Gasteiger partial charge in [0.15, 0.2) is 10.8 Å². The third-order valence-electron chi connectivity index (χ3n) is 2.63. The number of benzene rings is 1. The van der Waals surface area contributed by atoms with Crippen LogP contribution in [0.1, 0.15) is 23.0 Å². The van der Waals surface area contributed by atoms with E-state index in [1.165, 1.54) is 11.3 Å². The monoisotopic (exact) mass is 287 g/mol. The Balaban J connectivity index is 2.23. The largest absolute Gasteiger partial charge is 0.461 e. The number of aromatic nitrogens is 1. The Morgan fingerprint density at radius 2 is 2.35 bits per heavy atom. The summed E-state index contributed by atoms with van der Waals surface area (Å²) < 4.78 is 4.91. The first-order chi connectivity index (χ1) is 9.65. The average molecular weight is 287 g/mol. The van der Waals surface area contributed by atoms with Crippen LogP contribution >= 0.6 is 11.3 Å². The van der Waals surface area contributed by atoms with Gasteiger partial charge >= 0.3 is 5.97 Å². The molecular weight excluding hydrogens is 274 g/mol. The second-order valence-corrected chi connectivity index (χ2v) is 4.79. The molecule has 0 N–H and O–H groups in total. The smallest absolute Gasteiger partial charge is 0.357 e. The molecule has 0 fully saturated rings. The fourth-order valence-corrected chi connectivity index (χ4v) is 2.39. The highest BCUT2D eigenvalue weighted by Crippen LogP contribution is 2.27. The Labute approximate surface area is 121 Å². The zero-order chi connectivity index (χ0) is 14.5. The topological polar surface area (TPSA) is 66.2 Å². The summed E-state index contributed by atoms with van der Waals surface area (Å²) in [6, 6.07) is 9.30. The predicted molar refractivity (Wildman–Crippen MR) is 77.3 cm³/mol. The first-order valence-electron chi connectivity index (χ1n) is 6.02. The molecule has 5 nitrogen and oxygen atoms in total. The molecule has 0 saturated carbocycles. The van der Waals surface area contributed by atoms with Crippen LogP contribution in [0.3, 0.4) is 0 Å². The minimum atomic E-state index is -0.422. The van der Waals surface area contributed by atoms with Crippen LogP contribution in [-0.4, -0.2) is 24.6 Å². The normalized spacial score (nSPS) is 9.85. The molecule has 1 aromatic heterocycles. The molecule has 0 saturated heterocycles. The summed E-state index contributed by atoms with van der Waals surface area (Å²) in [6.07, 6.45) is 0. The maximum Gasteiger partial charge on any atom is 0.357 e. The van der Waals surface area contributed by atoms with Crippen molar-refractivity contribution in [2.24, 2.45) is 0 Å². The number of rotatable bonds is 4. The van der Waals surface area contributed by atoms with Crippen molar-refractivity contribution < 1.29 is 9.53 Å². The number of thiazole rings is 1. The maximum atomic E-state index is 11.6. The summed E-state index contributed by atoms with van der Waals surface area (Å²) >= 11 is 1.35. The maximum absolute atomic E-state index is 11.6. The van der Waals surface area contributed by atoms with Gasteiger partial charge in [-0.2, -0.15) is 5.26 Å². The Bertz CT molecular complexity index is 660. The lowest BCUT2D eigenvalue weighted by atomic mass is 10.2. The van der Waals surface area contributed by atoms with Crippen molar-refractivity contribution in [2.75, 3.05) is 18.6 Å². The number of nitrogens with zero attached hydrogens (tertiary/aromatic N) is 3. The molecule has 0 aliphatic carbocycles. The van der Waals surface area contributed by atoms with E-state index in [2.05, 4.69) is 11.1 Å². The molecule has 1 aromatic carbocycles. The zero-order valence-electron chi connectivity index (χ0n) is 11.2. The van der Waals surface area contributed by atoms with E-state index in [4.69, 9.17) is 10.00 Å². The number of hydrogen-bond donors (Lipinski definition) is 0. The lowest BCUT2D eigenvalue weighted by molar-refractivity contribution is 0.0520. The van der Waals surface area contributed by atoms with Crippen LogP contribution in [0, 0.1) is 11.3 Å². The van der Waals surface area contributed by atoms with Crippen LogP contribution in [0.5, 0.6) is 0 Å². The van der Waals surface area contributed by atoms with Crippen LogP contribution in [0.25, 0.3) is 0 Å². The molecule has 0 unspecified atom stereocenters. The zero-order valence-corrected chi connectivity index (χ0v) is 12.0. The van der Waals surface area contributed by atoms with Crippen LogP contribution in [0.2, 0.25) is 0 Å². The number of anilines is 2. The summed E-state index contributed by atoms with van der Waals surface area (Å²) in [5, 5.41) is 11.2. The van der Waals surface area contributed by atoms with Gasteiger partial charge in [0.2, 0.25) is 0 Å². The number of ether oxygens (including phenoxy) is 1. The van der Waals surface area contributed by atoms with Gasteiger partial charge in [0, 0.05) is 18.1 Å². The van der Waals surface area contributed by atoms with Crippen molar-refractivity contribution in [1.29, 1.82) is 5.26 Å². The number of hydrogen-bond acceptors (Lipinski definition) is 6. The van der Waals surface area contributed by atoms with Crippen molar-refractivity contribution >= 4 is 28.1 Å². The van der Waals surface area contributed by atoms with Gasteiger partial charge < -0.3 is 9.64 Å². The molecule has 6 heteroatoms. The Hall–Kier alpha value is -2.39. The van der Waals surface area contributed by atoms with Crippen molar-refractivity contribution in [2.45, 2.75) is 6.92 Å². The first-order valence-corrected chi connectivity index (χ1v) is 6.90. The van der Waals surface area contributed by atoms with Crippen molar-refractivity contribution in [3.05, 3.63) is 40.9 Å². The Morgan fingerprint density at radius 3 is 3.05 bits per heavy atom. The van der Waals surface area contributed by atoms with Gasteiger partial charge in [-0.3, -0.25) is 0 Å². The van der Waals surface area contributed by atoms with Gasteiger partial charge in [-0.05, 0) is 25.1 Å². The molecule has 0 aliphatic rings. The first kappa shape index (κ1) is 14.0. The van der Waals surface area contributed by atoms with Gasteiger partial charge in [-0.25, -0.2) is 9.78 Å². The Morgan fingerprint density at radius 1 is 1.55 bits per heavy atom. The molecule has 2 aromatic rings. The van der Waals surface area contributed by atoms with Crippen molar-refractivity contribution in [3.8, 4) is 6.07 Å². The highest BCUT2D eigenvalue weighted by Gasteiger charge is 2.14. The molecule has 20 heavy (non-hydrogen) atoms. The molecule has 0 bridgehead atoms. The van der Waals surface area contributed by atoms with E-state index in [1.807, 2.05) is 24.1 Å². The highest BCUT2D eigenvalue weighted by atomic mass is 32.1. The van der Waals surface area contributed by atoms with E-state index < -0.39 is 5.97 Å². The molecule has 1 heterocycles. The van der Waals surface area contributed by atoms with Crippen LogP contribution in [0.15, 0.2) is 29.6 Å². The number of esters is 1. The fourth-order valence-electron chi connectivity index (χ4n) is 1.61. The summed E-state index contributed by atoms with van der Waals surface area (Å²) in [6.45, 7) is 2.08. The van der Waals surface area contributed by atoms with Gasteiger partial charge in [-0.15, -0.1) is 11.3 Å². The van der Waals surface area contributed by atoms with E-state index >= 15 is 0 Å².